The van der Waals surface area contributed by atoms with Crippen LogP contribution in [0, 0.1) is 18.3 Å². The van der Waals surface area contributed by atoms with Gasteiger partial charge in [-0.25, -0.2) is 0 Å². The molecule has 0 radical (unpaired) electrons. The van der Waals surface area contributed by atoms with Crippen LogP contribution in [-0.4, -0.2) is 4.57 Å². The molecule has 0 unspecified atom stereocenters. The molecule has 0 bridgehead atoms. The largest absolute Gasteiger partial charge is 0.440 e. The van der Waals surface area contributed by atoms with Crippen molar-refractivity contribution in [1.29, 1.82) is 5.26 Å². The third-order valence-electron chi connectivity index (χ3n) is 3.14. The van der Waals surface area contributed by atoms with E-state index in [9.17, 15) is 4.79 Å². The van der Waals surface area contributed by atoms with Crippen molar-refractivity contribution in [3.05, 3.63) is 39.1 Å². The lowest BCUT2D eigenvalue weighted by molar-refractivity contribution is 0.387. The van der Waals surface area contributed by atoms with Gasteiger partial charge >= 0.3 is 0 Å². The van der Waals surface area contributed by atoms with Crippen molar-refractivity contribution in [3.63, 3.8) is 0 Å². The molecular formula is C12H13N3O2. The molecule has 1 aliphatic heterocycles. The number of rotatable bonds is 0. The molecule has 1 aromatic rings. The number of hydrogen-bond donors (Lipinski definition) is 1. The lowest BCUT2D eigenvalue weighted by atomic mass is 9.92. The molecule has 0 fully saturated rings. The first-order valence-corrected chi connectivity index (χ1v) is 5.25. The topological polar surface area (TPSA) is 81.0 Å². The molecule has 2 heterocycles. The highest BCUT2D eigenvalue weighted by Crippen LogP contribution is 2.35. The van der Waals surface area contributed by atoms with Crippen LogP contribution in [0.3, 0.4) is 0 Å². The van der Waals surface area contributed by atoms with Gasteiger partial charge in [-0.1, -0.05) is 6.92 Å². The number of aromatic nitrogens is 1. The number of fused-ring (bicyclic) bond motifs is 1. The van der Waals surface area contributed by atoms with Gasteiger partial charge in [0.2, 0.25) is 5.88 Å². The minimum atomic E-state index is -0.331. The van der Waals surface area contributed by atoms with Gasteiger partial charge in [0.1, 0.15) is 11.8 Å². The van der Waals surface area contributed by atoms with E-state index in [0.29, 0.717) is 16.9 Å². The Labute approximate surface area is 98.7 Å². The monoisotopic (exact) mass is 231 g/mol. The van der Waals surface area contributed by atoms with Crippen LogP contribution in [0.1, 0.15) is 24.1 Å². The molecular weight excluding hydrogens is 218 g/mol. The molecule has 88 valence electrons. The second-order valence-corrected chi connectivity index (χ2v) is 4.14. The Hall–Kier alpha value is -2.22. The van der Waals surface area contributed by atoms with Crippen molar-refractivity contribution in [3.8, 4) is 11.8 Å². The van der Waals surface area contributed by atoms with Crippen LogP contribution in [0.2, 0.25) is 0 Å². The van der Waals surface area contributed by atoms with Gasteiger partial charge in [-0.05, 0) is 6.92 Å². The van der Waals surface area contributed by atoms with E-state index in [1.54, 1.807) is 20.0 Å². The summed E-state index contributed by atoms with van der Waals surface area (Å²) in [5.41, 5.74) is 7.09. The number of nitriles is 1. The predicted octanol–water partition coefficient (Wildman–Crippen LogP) is 0.883. The molecule has 1 aliphatic rings. The van der Waals surface area contributed by atoms with Gasteiger partial charge in [-0.15, -0.1) is 0 Å². The van der Waals surface area contributed by atoms with Crippen molar-refractivity contribution in [2.75, 3.05) is 0 Å². The van der Waals surface area contributed by atoms with E-state index < -0.39 is 0 Å². The maximum absolute atomic E-state index is 12.1. The Morgan fingerprint density at radius 1 is 1.59 bits per heavy atom. The molecule has 17 heavy (non-hydrogen) atoms. The first-order valence-electron chi connectivity index (χ1n) is 5.25. The molecule has 5 heteroatoms. The number of hydrogen-bond acceptors (Lipinski definition) is 4. The van der Waals surface area contributed by atoms with E-state index in [2.05, 4.69) is 0 Å². The van der Waals surface area contributed by atoms with Crippen LogP contribution < -0.4 is 16.0 Å². The predicted molar refractivity (Wildman–Crippen MR) is 62.3 cm³/mol. The maximum Gasteiger partial charge on any atom is 0.258 e. The summed E-state index contributed by atoms with van der Waals surface area (Å²) in [6.07, 6.45) is 0. The normalized spacial score (nSPS) is 18.4. The molecule has 2 rings (SSSR count). The Balaban J connectivity index is 2.75. The summed E-state index contributed by atoms with van der Waals surface area (Å²) in [6, 6.07) is 3.75. The van der Waals surface area contributed by atoms with Crippen LogP contribution in [0.4, 0.5) is 0 Å². The van der Waals surface area contributed by atoms with Crippen molar-refractivity contribution in [2.45, 2.75) is 19.8 Å². The van der Waals surface area contributed by atoms with E-state index in [0.717, 1.165) is 5.69 Å². The van der Waals surface area contributed by atoms with Crippen molar-refractivity contribution in [1.82, 2.24) is 4.57 Å². The number of nitrogens with two attached hydrogens (primary N) is 1. The summed E-state index contributed by atoms with van der Waals surface area (Å²) in [4.78, 5) is 12.1. The number of aryl methyl sites for hydroxylation is 1. The average molecular weight is 231 g/mol. The van der Waals surface area contributed by atoms with E-state index >= 15 is 0 Å². The van der Waals surface area contributed by atoms with Crippen molar-refractivity contribution < 1.29 is 4.74 Å². The van der Waals surface area contributed by atoms with Gasteiger partial charge in [0.25, 0.3) is 5.56 Å². The summed E-state index contributed by atoms with van der Waals surface area (Å²) in [6.45, 7) is 3.60. The number of pyridine rings is 1. The molecule has 0 aliphatic carbocycles. The molecule has 0 amide bonds. The smallest absolute Gasteiger partial charge is 0.258 e. The lowest BCUT2D eigenvalue weighted by Gasteiger charge is -2.23. The number of nitrogens with zero attached hydrogens (tertiary/aromatic N) is 2. The molecule has 2 N–H and O–H groups in total. The number of allylic oxidation sites excluding steroid dienone is 1. The van der Waals surface area contributed by atoms with E-state index in [-0.39, 0.29) is 17.4 Å². The van der Waals surface area contributed by atoms with E-state index in [1.165, 1.54) is 4.57 Å². The second kappa shape index (κ2) is 3.67. The maximum atomic E-state index is 12.1. The first-order chi connectivity index (χ1) is 7.97. The Kier molecular flexibility index (Phi) is 2.43. The third-order valence-corrected chi connectivity index (χ3v) is 3.14. The van der Waals surface area contributed by atoms with Gasteiger partial charge < -0.3 is 15.0 Å². The highest BCUT2D eigenvalue weighted by atomic mass is 16.5. The van der Waals surface area contributed by atoms with Crippen LogP contribution in [0.15, 0.2) is 22.3 Å². The molecule has 0 saturated heterocycles. The van der Waals surface area contributed by atoms with Gasteiger partial charge in [-0.2, -0.15) is 5.26 Å². The standard InChI is InChI=1S/C12H13N3O2/c1-6-4-9-10(12(16)15(6)3)7(2)8(5-13)11(14)17-9/h4,7H,14H2,1-3H3/t7-/m0/s1. The Morgan fingerprint density at radius 2 is 2.24 bits per heavy atom. The highest BCUT2D eigenvalue weighted by Gasteiger charge is 2.29. The van der Waals surface area contributed by atoms with Gasteiger partial charge in [0.05, 0.1) is 11.1 Å². The zero-order valence-electron chi connectivity index (χ0n) is 9.94. The SMILES string of the molecule is Cc1cc2c(c(=O)n1C)[C@@H](C)C(C#N)=C(N)O2. The first kappa shape index (κ1) is 11.3. The fraction of sp³-hybridized carbons (Fsp3) is 0.333. The van der Waals surface area contributed by atoms with Crippen molar-refractivity contribution >= 4 is 0 Å². The van der Waals surface area contributed by atoms with Crippen LogP contribution >= 0.6 is 0 Å². The van der Waals surface area contributed by atoms with Gasteiger partial charge in [-0.3, -0.25) is 4.79 Å². The molecule has 0 saturated carbocycles. The molecule has 1 aromatic heterocycles. The third kappa shape index (κ3) is 1.49. The van der Waals surface area contributed by atoms with Gasteiger partial charge in [0, 0.05) is 24.7 Å². The summed E-state index contributed by atoms with van der Waals surface area (Å²) in [7, 11) is 1.69. The zero-order valence-corrected chi connectivity index (χ0v) is 9.94. The van der Waals surface area contributed by atoms with E-state index in [1.807, 2.05) is 13.0 Å². The summed E-state index contributed by atoms with van der Waals surface area (Å²) >= 11 is 0. The summed E-state index contributed by atoms with van der Waals surface area (Å²) in [5, 5.41) is 9.00. The lowest BCUT2D eigenvalue weighted by Crippen LogP contribution is -2.30. The zero-order chi connectivity index (χ0) is 12.7. The van der Waals surface area contributed by atoms with Gasteiger partial charge in [0.15, 0.2) is 0 Å². The Morgan fingerprint density at radius 3 is 2.82 bits per heavy atom. The van der Waals surface area contributed by atoms with Crippen molar-refractivity contribution in [2.24, 2.45) is 12.8 Å². The fourth-order valence-electron chi connectivity index (χ4n) is 1.98. The summed E-state index contributed by atoms with van der Waals surface area (Å²) < 4.78 is 6.88. The quantitative estimate of drug-likeness (QED) is 0.718. The molecule has 0 spiro atoms. The minimum Gasteiger partial charge on any atom is -0.440 e. The highest BCUT2D eigenvalue weighted by molar-refractivity contribution is 5.48. The number of ether oxygens (including phenoxy) is 1. The second-order valence-electron chi connectivity index (χ2n) is 4.14. The molecule has 0 aromatic carbocycles. The molecule has 5 nitrogen and oxygen atoms in total. The fourth-order valence-corrected chi connectivity index (χ4v) is 1.98. The average Bonchev–Trinajstić information content (AvgIpc) is 2.26. The minimum absolute atomic E-state index is 0.0835. The summed E-state index contributed by atoms with van der Waals surface area (Å²) in [5.74, 6) is 0.206. The van der Waals surface area contributed by atoms with Crippen LogP contribution in [-0.2, 0) is 7.05 Å². The Bertz CT molecular complexity index is 620. The van der Waals surface area contributed by atoms with Crippen LogP contribution in [0.5, 0.6) is 5.75 Å². The van der Waals surface area contributed by atoms with E-state index in [4.69, 9.17) is 15.7 Å². The van der Waals surface area contributed by atoms with Crippen LogP contribution in [0.25, 0.3) is 0 Å². The molecule has 1 atom stereocenters.